The second-order valence-electron chi connectivity index (χ2n) is 6.98. The highest BCUT2D eigenvalue weighted by molar-refractivity contribution is 5.88. The van der Waals surface area contributed by atoms with E-state index in [1.807, 2.05) is 24.3 Å². The van der Waals surface area contributed by atoms with E-state index in [1.54, 1.807) is 20.8 Å². The number of aromatic amines is 1. The smallest absolute Gasteiger partial charge is 0.411 e. The van der Waals surface area contributed by atoms with Gasteiger partial charge in [-0.3, -0.25) is 4.90 Å². The first kappa shape index (κ1) is 16.4. The predicted molar refractivity (Wildman–Crippen MR) is 89.6 cm³/mol. The van der Waals surface area contributed by atoms with Gasteiger partial charge in [0.05, 0.1) is 13.7 Å². The zero-order valence-corrected chi connectivity index (χ0v) is 14.4. The van der Waals surface area contributed by atoms with E-state index in [9.17, 15) is 9.59 Å². The van der Waals surface area contributed by atoms with Gasteiger partial charge in [0.1, 0.15) is 11.6 Å². The van der Waals surface area contributed by atoms with Crippen molar-refractivity contribution in [2.75, 3.05) is 7.11 Å². The van der Waals surface area contributed by atoms with Gasteiger partial charge >= 0.3 is 12.1 Å². The Kier molecular flexibility index (Phi) is 3.99. The molecule has 1 N–H and O–H groups in total. The van der Waals surface area contributed by atoms with Gasteiger partial charge in [0.2, 0.25) is 0 Å². The molecule has 0 radical (unpaired) electrons. The van der Waals surface area contributed by atoms with Crippen LogP contribution >= 0.6 is 0 Å². The summed E-state index contributed by atoms with van der Waals surface area (Å²) in [7, 11) is 1.33. The molecule has 128 valence electrons. The molecule has 2 heterocycles. The number of aromatic nitrogens is 1. The van der Waals surface area contributed by atoms with Gasteiger partial charge in [0.25, 0.3) is 0 Å². The van der Waals surface area contributed by atoms with Gasteiger partial charge in [-0.1, -0.05) is 18.2 Å². The van der Waals surface area contributed by atoms with Crippen molar-refractivity contribution in [3.63, 3.8) is 0 Å². The fourth-order valence-electron chi connectivity index (χ4n) is 3.07. The van der Waals surface area contributed by atoms with Crippen LogP contribution in [0.1, 0.15) is 32.0 Å². The molecule has 1 aromatic heterocycles. The first-order chi connectivity index (χ1) is 11.3. The number of benzene rings is 1. The van der Waals surface area contributed by atoms with Crippen LogP contribution in [0.25, 0.3) is 10.9 Å². The molecule has 1 aliphatic rings. The average Bonchev–Trinajstić information content (AvgIpc) is 2.89. The Hall–Kier alpha value is -2.50. The highest BCUT2D eigenvalue weighted by Crippen LogP contribution is 2.31. The van der Waals surface area contributed by atoms with E-state index in [0.29, 0.717) is 13.0 Å². The molecule has 2 aromatic rings. The minimum absolute atomic E-state index is 0.290. The minimum Gasteiger partial charge on any atom is -0.467 e. The molecular formula is C18H22N2O4. The van der Waals surface area contributed by atoms with Crippen LogP contribution in [0.2, 0.25) is 0 Å². The number of carbonyl (C=O) groups is 2. The molecule has 1 aromatic carbocycles. The largest absolute Gasteiger partial charge is 0.467 e. The van der Waals surface area contributed by atoms with E-state index >= 15 is 0 Å². The maximum Gasteiger partial charge on any atom is 0.411 e. The molecule has 1 unspecified atom stereocenters. The molecule has 1 amide bonds. The van der Waals surface area contributed by atoms with Gasteiger partial charge in [-0.2, -0.15) is 0 Å². The van der Waals surface area contributed by atoms with Crippen LogP contribution in [0.3, 0.4) is 0 Å². The van der Waals surface area contributed by atoms with Gasteiger partial charge in [-0.25, -0.2) is 9.59 Å². The number of fused-ring (bicyclic) bond motifs is 3. The van der Waals surface area contributed by atoms with Crippen molar-refractivity contribution < 1.29 is 19.1 Å². The molecule has 0 aliphatic carbocycles. The number of para-hydroxylation sites is 1. The Bertz CT molecular complexity index is 788. The summed E-state index contributed by atoms with van der Waals surface area (Å²) >= 11 is 0. The van der Waals surface area contributed by atoms with Crippen molar-refractivity contribution in [1.29, 1.82) is 0 Å². The monoisotopic (exact) mass is 330 g/mol. The summed E-state index contributed by atoms with van der Waals surface area (Å²) in [6.45, 7) is 5.70. The molecular weight excluding hydrogens is 308 g/mol. The SMILES string of the molecule is COC(=O)C1Cc2c([nH]c3ccccc23)CN1C(=O)OC(C)(C)C. The Morgan fingerprint density at radius 1 is 1.25 bits per heavy atom. The van der Waals surface area contributed by atoms with Crippen LogP contribution < -0.4 is 0 Å². The molecule has 1 aliphatic heterocycles. The van der Waals surface area contributed by atoms with Crippen LogP contribution in [-0.4, -0.2) is 40.7 Å². The maximum atomic E-state index is 12.6. The van der Waals surface area contributed by atoms with Crippen molar-refractivity contribution in [1.82, 2.24) is 9.88 Å². The van der Waals surface area contributed by atoms with Gasteiger partial charge in [0.15, 0.2) is 0 Å². The number of nitrogens with one attached hydrogen (secondary N) is 1. The standard InChI is InChI=1S/C18H22N2O4/c1-18(2,3)24-17(22)20-10-14-12(9-15(20)16(21)23-4)11-7-5-6-8-13(11)19-14/h5-8,15,19H,9-10H2,1-4H3. The van der Waals surface area contributed by atoms with Crippen LogP contribution in [0, 0.1) is 0 Å². The second-order valence-corrected chi connectivity index (χ2v) is 6.98. The second kappa shape index (κ2) is 5.85. The number of amides is 1. The summed E-state index contributed by atoms with van der Waals surface area (Å²) in [5.41, 5.74) is 2.36. The van der Waals surface area contributed by atoms with Crippen LogP contribution in [0.4, 0.5) is 4.79 Å². The summed E-state index contributed by atoms with van der Waals surface area (Å²) in [5, 5.41) is 1.07. The molecule has 1 atom stereocenters. The van der Waals surface area contributed by atoms with Crippen molar-refractivity contribution in [3.8, 4) is 0 Å². The molecule has 0 saturated heterocycles. The van der Waals surface area contributed by atoms with Crippen LogP contribution in [-0.2, 0) is 27.2 Å². The zero-order chi connectivity index (χ0) is 17.5. The molecule has 3 rings (SSSR count). The lowest BCUT2D eigenvalue weighted by atomic mass is 9.97. The molecule has 0 bridgehead atoms. The minimum atomic E-state index is -0.684. The first-order valence-electron chi connectivity index (χ1n) is 7.96. The summed E-state index contributed by atoms with van der Waals surface area (Å²) in [6.07, 6.45) is -0.104. The third-order valence-corrected chi connectivity index (χ3v) is 4.11. The topological polar surface area (TPSA) is 71.6 Å². The third-order valence-electron chi connectivity index (χ3n) is 4.11. The number of esters is 1. The van der Waals surface area contributed by atoms with E-state index in [0.717, 1.165) is 22.2 Å². The van der Waals surface area contributed by atoms with Crippen molar-refractivity contribution in [3.05, 3.63) is 35.5 Å². The lowest BCUT2D eigenvalue weighted by molar-refractivity contribution is -0.147. The number of H-pyrrole nitrogens is 1. The number of rotatable bonds is 1. The Morgan fingerprint density at radius 3 is 2.62 bits per heavy atom. The van der Waals surface area contributed by atoms with E-state index in [1.165, 1.54) is 12.0 Å². The predicted octanol–water partition coefficient (Wildman–Crippen LogP) is 3.00. The van der Waals surface area contributed by atoms with Crippen LogP contribution in [0.5, 0.6) is 0 Å². The van der Waals surface area contributed by atoms with E-state index in [-0.39, 0.29) is 0 Å². The Labute approximate surface area is 140 Å². The Balaban J connectivity index is 1.99. The molecule has 6 heteroatoms. The molecule has 0 saturated carbocycles. The lowest BCUT2D eigenvalue weighted by Crippen LogP contribution is -2.50. The van der Waals surface area contributed by atoms with E-state index in [4.69, 9.17) is 9.47 Å². The lowest BCUT2D eigenvalue weighted by Gasteiger charge is -2.35. The zero-order valence-electron chi connectivity index (χ0n) is 14.4. The van der Waals surface area contributed by atoms with E-state index in [2.05, 4.69) is 4.98 Å². The van der Waals surface area contributed by atoms with Crippen molar-refractivity contribution >= 4 is 23.0 Å². The Morgan fingerprint density at radius 2 is 1.96 bits per heavy atom. The third kappa shape index (κ3) is 2.96. The molecule has 24 heavy (non-hydrogen) atoms. The fraction of sp³-hybridized carbons (Fsp3) is 0.444. The quantitative estimate of drug-likeness (QED) is 0.816. The number of hydrogen-bond acceptors (Lipinski definition) is 4. The number of carbonyl (C=O) groups excluding carboxylic acids is 2. The summed E-state index contributed by atoms with van der Waals surface area (Å²) in [6, 6.07) is 7.23. The number of methoxy groups -OCH3 is 1. The van der Waals surface area contributed by atoms with E-state index < -0.39 is 23.7 Å². The highest BCUT2D eigenvalue weighted by atomic mass is 16.6. The highest BCUT2D eigenvalue weighted by Gasteiger charge is 2.39. The molecule has 0 spiro atoms. The average molecular weight is 330 g/mol. The number of ether oxygens (including phenoxy) is 2. The fourth-order valence-corrected chi connectivity index (χ4v) is 3.07. The molecule has 0 fully saturated rings. The van der Waals surface area contributed by atoms with Crippen molar-refractivity contribution in [2.45, 2.75) is 45.4 Å². The van der Waals surface area contributed by atoms with Gasteiger partial charge in [0, 0.05) is 23.0 Å². The number of nitrogens with zero attached hydrogens (tertiary/aromatic N) is 1. The summed E-state index contributed by atoms with van der Waals surface area (Å²) in [5.74, 6) is -0.434. The van der Waals surface area contributed by atoms with Gasteiger partial charge < -0.3 is 14.5 Å². The molecule has 6 nitrogen and oxygen atoms in total. The summed E-state index contributed by atoms with van der Waals surface area (Å²) < 4.78 is 10.4. The van der Waals surface area contributed by atoms with Gasteiger partial charge in [-0.15, -0.1) is 0 Å². The van der Waals surface area contributed by atoms with Crippen LogP contribution in [0.15, 0.2) is 24.3 Å². The maximum absolute atomic E-state index is 12.6. The normalized spacial score (nSPS) is 17.5. The number of hydrogen-bond donors (Lipinski definition) is 1. The van der Waals surface area contributed by atoms with Gasteiger partial charge in [-0.05, 0) is 32.4 Å². The summed E-state index contributed by atoms with van der Waals surface area (Å²) in [4.78, 5) is 29.6. The van der Waals surface area contributed by atoms with Crippen molar-refractivity contribution in [2.24, 2.45) is 0 Å². The first-order valence-corrected chi connectivity index (χ1v) is 7.96.